The normalized spacial score (nSPS) is 10.4. The molecular weight excluding hydrogens is 240 g/mol. The van der Waals surface area contributed by atoms with Crippen LogP contribution in [0.1, 0.15) is 34.0 Å². The van der Waals surface area contributed by atoms with Crippen molar-refractivity contribution in [3.8, 4) is 0 Å². The Morgan fingerprint density at radius 1 is 1.37 bits per heavy atom. The number of aromatic nitrogens is 3. The fourth-order valence-electron chi connectivity index (χ4n) is 1.91. The lowest BCUT2D eigenvalue weighted by Crippen LogP contribution is -2.26. The van der Waals surface area contributed by atoms with Crippen LogP contribution in [0.15, 0.2) is 24.5 Å². The average molecular weight is 258 g/mol. The lowest BCUT2D eigenvalue weighted by Gasteiger charge is -2.07. The number of hydrogen-bond acceptors (Lipinski definition) is 3. The second-order valence-corrected chi connectivity index (χ2v) is 4.48. The van der Waals surface area contributed by atoms with E-state index in [1.165, 1.54) is 0 Å². The lowest BCUT2D eigenvalue weighted by atomic mass is 10.1. The van der Waals surface area contributed by atoms with E-state index in [0.29, 0.717) is 12.1 Å². The van der Waals surface area contributed by atoms with Gasteiger partial charge in [-0.2, -0.15) is 0 Å². The Morgan fingerprint density at radius 3 is 2.89 bits per heavy atom. The first-order chi connectivity index (χ1) is 9.16. The third-order valence-corrected chi connectivity index (χ3v) is 2.90. The smallest absolute Gasteiger partial charge is 0.253 e. The Kier molecular flexibility index (Phi) is 4.28. The molecule has 100 valence electrons. The summed E-state index contributed by atoms with van der Waals surface area (Å²) in [5, 5.41) is 2.90. The predicted molar refractivity (Wildman–Crippen MR) is 73.0 cm³/mol. The van der Waals surface area contributed by atoms with Gasteiger partial charge in [0.2, 0.25) is 0 Å². The van der Waals surface area contributed by atoms with Gasteiger partial charge in [0.05, 0.1) is 11.3 Å². The van der Waals surface area contributed by atoms with Crippen LogP contribution in [0.3, 0.4) is 0 Å². The van der Waals surface area contributed by atoms with Crippen molar-refractivity contribution in [3.05, 3.63) is 47.3 Å². The molecule has 0 bridgehead atoms. The molecule has 0 aliphatic carbocycles. The molecule has 2 aromatic rings. The highest BCUT2D eigenvalue weighted by Gasteiger charge is 2.09. The number of imidazole rings is 1. The summed E-state index contributed by atoms with van der Waals surface area (Å²) in [5.41, 5.74) is 2.33. The van der Waals surface area contributed by atoms with Gasteiger partial charge in [0.15, 0.2) is 0 Å². The fourth-order valence-corrected chi connectivity index (χ4v) is 1.91. The summed E-state index contributed by atoms with van der Waals surface area (Å²) < 4.78 is 0. The molecule has 2 heterocycles. The van der Waals surface area contributed by atoms with Crippen molar-refractivity contribution in [3.63, 3.8) is 0 Å². The number of pyridine rings is 1. The molecule has 19 heavy (non-hydrogen) atoms. The number of nitrogens with one attached hydrogen (secondary N) is 2. The molecule has 0 radical (unpaired) electrons. The monoisotopic (exact) mass is 258 g/mol. The number of carbonyl (C=O) groups excluding carboxylic acids is 1. The van der Waals surface area contributed by atoms with E-state index >= 15 is 0 Å². The number of carbonyl (C=O) groups is 1. The van der Waals surface area contributed by atoms with Crippen molar-refractivity contribution in [2.24, 2.45) is 0 Å². The van der Waals surface area contributed by atoms with Crippen LogP contribution in [0.4, 0.5) is 0 Å². The molecule has 0 saturated carbocycles. The van der Waals surface area contributed by atoms with Gasteiger partial charge in [-0.25, -0.2) is 4.98 Å². The Hall–Kier alpha value is -2.17. The van der Waals surface area contributed by atoms with E-state index in [4.69, 9.17) is 0 Å². The van der Waals surface area contributed by atoms with Crippen molar-refractivity contribution >= 4 is 5.91 Å². The van der Waals surface area contributed by atoms with Crippen LogP contribution in [-0.4, -0.2) is 27.4 Å². The SMILES string of the molecule is Cc1ccc(C(=O)NCCCc2ncc[nH]2)c(C)n1. The number of nitrogens with zero attached hydrogens (tertiary/aromatic N) is 2. The summed E-state index contributed by atoms with van der Waals surface area (Å²) in [6, 6.07) is 3.67. The molecule has 0 spiro atoms. The number of amides is 1. The molecule has 2 aromatic heterocycles. The molecule has 0 saturated heterocycles. The fraction of sp³-hybridized carbons (Fsp3) is 0.357. The van der Waals surface area contributed by atoms with E-state index < -0.39 is 0 Å². The topological polar surface area (TPSA) is 70.7 Å². The highest BCUT2D eigenvalue weighted by atomic mass is 16.1. The average Bonchev–Trinajstić information content (AvgIpc) is 2.87. The summed E-state index contributed by atoms with van der Waals surface area (Å²) in [4.78, 5) is 23.4. The van der Waals surface area contributed by atoms with E-state index in [1.807, 2.05) is 26.0 Å². The second-order valence-electron chi connectivity index (χ2n) is 4.48. The van der Waals surface area contributed by atoms with Crippen molar-refractivity contribution in [2.45, 2.75) is 26.7 Å². The Labute approximate surface area is 112 Å². The van der Waals surface area contributed by atoms with Crippen LogP contribution in [0.2, 0.25) is 0 Å². The quantitative estimate of drug-likeness (QED) is 0.803. The summed E-state index contributed by atoms with van der Waals surface area (Å²) in [6.07, 6.45) is 5.22. The molecule has 5 heteroatoms. The van der Waals surface area contributed by atoms with Gasteiger partial charge in [0, 0.05) is 31.1 Å². The van der Waals surface area contributed by atoms with Gasteiger partial charge in [-0.1, -0.05) is 0 Å². The maximum Gasteiger partial charge on any atom is 0.253 e. The maximum atomic E-state index is 12.0. The minimum absolute atomic E-state index is 0.0653. The van der Waals surface area contributed by atoms with Crippen molar-refractivity contribution in [1.29, 1.82) is 0 Å². The van der Waals surface area contributed by atoms with Gasteiger partial charge in [0.25, 0.3) is 5.91 Å². The Bertz CT molecular complexity index is 549. The zero-order valence-electron chi connectivity index (χ0n) is 11.2. The highest BCUT2D eigenvalue weighted by molar-refractivity contribution is 5.95. The van der Waals surface area contributed by atoms with Crippen LogP contribution >= 0.6 is 0 Å². The van der Waals surface area contributed by atoms with Gasteiger partial charge in [0.1, 0.15) is 5.82 Å². The van der Waals surface area contributed by atoms with E-state index in [0.717, 1.165) is 30.1 Å². The van der Waals surface area contributed by atoms with Crippen molar-refractivity contribution in [1.82, 2.24) is 20.3 Å². The number of aromatic amines is 1. The number of H-pyrrole nitrogens is 1. The zero-order chi connectivity index (χ0) is 13.7. The first-order valence-corrected chi connectivity index (χ1v) is 6.37. The largest absolute Gasteiger partial charge is 0.352 e. The zero-order valence-corrected chi connectivity index (χ0v) is 11.2. The third-order valence-electron chi connectivity index (χ3n) is 2.90. The molecule has 0 aliphatic heterocycles. The molecule has 0 aromatic carbocycles. The minimum atomic E-state index is -0.0653. The predicted octanol–water partition coefficient (Wildman–Crippen LogP) is 1.78. The molecule has 0 unspecified atom stereocenters. The first kappa shape index (κ1) is 13.3. The van der Waals surface area contributed by atoms with Crippen molar-refractivity contribution in [2.75, 3.05) is 6.54 Å². The van der Waals surface area contributed by atoms with Gasteiger partial charge in [-0.3, -0.25) is 9.78 Å². The number of aryl methyl sites for hydroxylation is 3. The van der Waals surface area contributed by atoms with E-state index in [-0.39, 0.29) is 5.91 Å². The Balaban J connectivity index is 1.81. The number of rotatable bonds is 5. The van der Waals surface area contributed by atoms with E-state index in [1.54, 1.807) is 12.4 Å². The summed E-state index contributed by atoms with van der Waals surface area (Å²) in [6.45, 7) is 4.40. The minimum Gasteiger partial charge on any atom is -0.352 e. The molecular formula is C14H18N4O. The van der Waals surface area contributed by atoms with E-state index in [2.05, 4.69) is 20.3 Å². The van der Waals surface area contributed by atoms with Crippen LogP contribution < -0.4 is 5.32 Å². The van der Waals surface area contributed by atoms with Crippen LogP contribution in [0.25, 0.3) is 0 Å². The molecule has 1 amide bonds. The second kappa shape index (κ2) is 6.13. The molecule has 2 rings (SSSR count). The van der Waals surface area contributed by atoms with Gasteiger partial charge in [-0.05, 0) is 32.4 Å². The Morgan fingerprint density at radius 2 is 2.21 bits per heavy atom. The molecule has 5 nitrogen and oxygen atoms in total. The first-order valence-electron chi connectivity index (χ1n) is 6.37. The highest BCUT2D eigenvalue weighted by Crippen LogP contribution is 2.06. The molecule has 0 fully saturated rings. The molecule has 0 aliphatic rings. The van der Waals surface area contributed by atoms with Gasteiger partial charge in [-0.15, -0.1) is 0 Å². The van der Waals surface area contributed by atoms with Crippen LogP contribution in [0, 0.1) is 13.8 Å². The van der Waals surface area contributed by atoms with Gasteiger partial charge >= 0.3 is 0 Å². The van der Waals surface area contributed by atoms with Crippen LogP contribution in [-0.2, 0) is 6.42 Å². The summed E-state index contributed by atoms with van der Waals surface area (Å²) >= 11 is 0. The summed E-state index contributed by atoms with van der Waals surface area (Å²) in [5.74, 6) is 0.881. The van der Waals surface area contributed by atoms with Gasteiger partial charge < -0.3 is 10.3 Å². The molecule has 2 N–H and O–H groups in total. The standard InChI is InChI=1S/C14H18N4O/c1-10-5-6-12(11(2)18-10)14(19)17-7-3-4-13-15-8-9-16-13/h5-6,8-9H,3-4,7H2,1-2H3,(H,15,16)(H,17,19). The third kappa shape index (κ3) is 3.64. The lowest BCUT2D eigenvalue weighted by molar-refractivity contribution is 0.0952. The molecule has 0 atom stereocenters. The van der Waals surface area contributed by atoms with Crippen molar-refractivity contribution < 1.29 is 4.79 Å². The summed E-state index contributed by atoms with van der Waals surface area (Å²) in [7, 11) is 0. The number of hydrogen-bond donors (Lipinski definition) is 2. The van der Waals surface area contributed by atoms with Crippen LogP contribution in [0.5, 0.6) is 0 Å². The van der Waals surface area contributed by atoms with E-state index in [9.17, 15) is 4.79 Å². The maximum absolute atomic E-state index is 12.0.